The van der Waals surface area contributed by atoms with E-state index < -0.39 is 171 Å². The summed E-state index contributed by atoms with van der Waals surface area (Å²) < 4.78 is 240. The van der Waals surface area contributed by atoms with Crippen molar-refractivity contribution in [3.63, 3.8) is 0 Å². The molecule has 3 N–H and O–H groups in total. The number of Topliss-reactive ketones (excluding diaryl/α,β-unsaturated/α-hetero) is 1. The van der Waals surface area contributed by atoms with Gasteiger partial charge in [0.25, 0.3) is 11.1 Å². The first-order chi connectivity index (χ1) is 49.3. The van der Waals surface area contributed by atoms with E-state index in [4.69, 9.17) is 15.2 Å². The summed E-state index contributed by atoms with van der Waals surface area (Å²) in [6, 6.07) is 4.10. The van der Waals surface area contributed by atoms with Gasteiger partial charge in [-0.3, -0.25) is 24.0 Å². The third kappa shape index (κ3) is 26.0. The smallest absolute Gasteiger partial charge is 0.419 e. The van der Waals surface area contributed by atoms with E-state index in [1.807, 2.05) is 19.0 Å². The van der Waals surface area contributed by atoms with Gasteiger partial charge in [0.2, 0.25) is 0 Å². The molecule has 0 saturated carbocycles. The van der Waals surface area contributed by atoms with E-state index in [9.17, 15) is 90.9 Å². The van der Waals surface area contributed by atoms with Gasteiger partial charge in [0.15, 0.2) is 5.78 Å². The van der Waals surface area contributed by atoms with Crippen LogP contribution in [0, 0.1) is 76.6 Å². The van der Waals surface area contributed by atoms with E-state index in [0.717, 1.165) is 27.1 Å². The number of hydrogen-bond donors (Lipinski definition) is 2. The van der Waals surface area contributed by atoms with Crippen LogP contribution in [0.3, 0.4) is 0 Å². The fraction of sp³-hybridized carbons (Fsp3) is 0.513. The van der Waals surface area contributed by atoms with E-state index in [2.05, 4.69) is 0 Å². The number of carboxylic acid groups (broad SMARTS) is 1. The Hall–Kier alpha value is -8.03. The molecule has 31 heteroatoms. The lowest BCUT2D eigenvalue weighted by Gasteiger charge is -2.27. The number of carboxylic acids is 1. The minimum absolute atomic E-state index is 0. The summed E-state index contributed by atoms with van der Waals surface area (Å²) >= 11 is 0. The van der Waals surface area contributed by atoms with Gasteiger partial charge >= 0.3 is 42.6 Å². The number of carbonyl (C=O) groups excluding carboxylic acids is 3. The number of hydrogen-bond acceptors (Lipinski definition) is 11. The normalized spacial score (nSPS) is 13.0. The molecule has 608 valence electrons. The van der Waals surface area contributed by atoms with Crippen molar-refractivity contribution in [3.8, 4) is 22.3 Å². The molecule has 0 fully saturated rings. The molecule has 0 saturated heterocycles. The van der Waals surface area contributed by atoms with Crippen LogP contribution in [0.2, 0.25) is 0 Å². The minimum Gasteiger partial charge on any atom is -0.480 e. The fourth-order valence-electron chi connectivity index (χ4n) is 12.5. The molecule has 6 rings (SSSR count). The fourth-order valence-corrected chi connectivity index (χ4v) is 12.5. The van der Waals surface area contributed by atoms with Crippen molar-refractivity contribution in [2.75, 3.05) is 54.5 Å². The van der Waals surface area contributed by atoms with Gasteiger partial charge in [0, 0.05) is 65.2 Å². The maximum atomic E-state index is 16.8. The number of esters is 2. The molecular weight excluding hydrogens is 1490 g/mol. The second-order valence-corrected chi connectivity index (χ2v) is 27.8. The molecule has 2 unspecified atom stereocenters. The summed E-state index contributed by atoms with van der Waals surface area (Å²) in [7, 11) is 7.10. The number of nitrogens with two attached hydrogens (primary N) is 1. The zero-order chi connectivity index (χ0) is 81.6. The molecule has 0 aliphatic carbocycles. The van der Waals surface area contributed by atoms with E-state index in [0.29, 0.717) is 71.6 Å². The molecule has 0 aliphatic rings. The number of benzene rings is 4. The van der Waals surface area contributed by atoms with E-state index in [-0.39, 0.29) is 100 Å². The number of halogens is 16. The van der Waals surface area contributed by atoms with Crippen molar-refractivity contribution in [1.29, 1.82) is 0 Å². The molecule has 4 atom stereocenters. The lowest BCUT2D eigenvalue weighted by atomic mass is 9.82. The largest absolute Gasteiger partial charge is 0.480 e. The topological polar surface area (TPSA) is 183 Å². The maximum absolute atomic E-state index is 16.8. The van der Waals surface area contributed by atoms with Crippen molar-refractivity contribution in [2.24, 2.45) is 17.6 Å². The predicted molar refractivity (Wildman–Crippen MR) is 391 cm³/mol. The Morgan fingerprint density at radius 1 is 0.505 bits per heavy atom. The third-order valence-electron chi connectivity index (χ3n) is 17.9. The van der Waals surface area contributed by atoms with Crippen LogP contribution in [0.5, 0.6) is 0 Å². The maximum Gasteiger partial charge on any atom is 0.419 e. The minimum atomic E-state index is -5.32. The molecular formula is C78H99F16N5O9S. The lowest BCUT2D eigenvalue weighted by molar-refractivity contribution is -0.144. The highest BCUT2D eigenvalue weighted by atomic mass is 32.1. The molecule has 6 aromatic rings. The number of alkyl halides is 12. The van der Waals surface area contributed by atoms with E-state index >= 15 is 13.2 Å². The van der Waals surface area contributed by atoms with Crippen LogP contribution >= 0.6 is 13.5 Å². The Kier molecular flexibility index (Phi) is 36.3. The monoisotopic (exact) mass is 1590 g/mol. The van der Waals surface area contributed by atoms with Gasteiger partial charge in [-0.15, -0.1) is 0 Å². The van der Waals surface area contributed by atoms with Crippen molar-refractivity contribution < 1.29 is 104 Å². The van der Waals surface area contributed by atoms with Crippen molar-refractivity contribution in [1.82, 2.24) is 18.9 Å². The first-order valence-electron chi connectivity index (χ1n) is 34.4. The van der Waals surface area contributed by atoms with Crippen molar-refractivity contribution in [2.45, 2.75) is 197 Å². The summed E-state index contributed by atoms with van der Waals surface area (Å²) in [5.74, 6) is -12.8. The van der Waals surface area contributed by atoms with Gasteiger partial charge in [-0.2, -0.15) is 66.2 Å². The van der Waals surface area contributed by atoms with Gasteiger partial charge in [-0.25, -0.2) is 22.4 Å². The molecule has 0 aliphatic heterocycles. The molecule has 0 spiro atoms. The van der Waals surface area contributed by atoms with Crippen LogP contribution in [-0.2, 0) is 66.2 Å². The highest BCUT2D eigenvalue weighted by molar-refractivity contribution is 7.59. The number of pyridine rings is 2. The average Bonchev–Trinajstić information content (AvgIpc) is 0.759. The number of nitrogens with zero attached hydrogens (tertiary/aromatic N) is 4. The van der Waals surface area contributed by atoms with E-state index in [1.165, 1.54) is 13.8 Å². The van der Waals surface area contributed by atoms with Crippen LogP contribution in [0.15, 0.2) is 70.5 Å². The number of aliphatic carboxylic acids is 1. The molecule has 0 amide bonds. The Morgan fingerprint density at radius 2 is 0.844 bits per heavy atom. The molecule has 0 bridgehead atoms. The molecule has 14 nitrogen and oxygen atoms in total. The number of rotatable bonds is 28. The third-order valence-corrected chi connectivity index (χ3v) is 17.9. The Balaban J connectivity index is 0.000000607. The van der Waals surface area contributed by atoms with Crippen LogP contribution in [-0.4, -0.2) is 102 Å². The molecule has 4 aromatic carbocycles. The average molecular weight is 1590 g/mol. The first-order valence-corrected chi connectivity index (χ1v) is 34.4. The SMILES string of the molecule is C.CC(C)CC(C(=O)O)n1cc(CCCN(C)C)c(C(F)(F)F)cc1=O.CCOC(=O)C[C@H](CC(=O)C(CC(C)C)n1cc(CCCN(C)C)c(C(F)(F)F)cc1=O)c1c(F)c(-c2c(C)ccc(C)c2C)cc(C(F)(F)F)c1F.CCOC(=O)C[C@H](N)c1c(F)c(-c2c(C)ccc(C)c2C)cc(C(F)(F)F)c1F.S. The van der Waals surface area contributed by atoms with Gasteiger partial charge < -0.3 is 39.2 Å². The number of aryl methyl sites for hydroxylation is 6. The summed E-state index contributed by atoms with van der Waals surface area (Å²) in [5.41, 5.74) is -1.88. The van der Waals surface area contributed by atoms with E-state index in [1.54, 1.807) is 112 Å². The molecule has 2 aromatic heterocycles. The van der Waals surface area contributed by atoms with Gasteiger partial charge in [-0.05, 0) is 215 Å². The summed E-state index contributed by atoms with van der Waals surface area (Å²) in [6.07, 6.45) is -19.6. The summed E-state index contributed by atoms with van der Waals surface area (Å²) in [4.78, 5) is 79.3. The van der Waals surface area contributed by atoms with Gasteiger partial charge in [-0.1, -0.05) is 59.4 Å². The Morgan fingerprint density at radius 3 is 1.19 bits per heavy atom. The summed E-state index contributed by atoms with van der Waals surface area (Å²) in [6.45, 7) is 20.5. The number of ether oxygens (including phenoxy) is 2. The van der Waals surface area contributed by atoms with Crippen molar-refractivity contribution in [3.05, 3.63) is 183 Å². The summed E-state index contributed by atoms with van der Waals surface area (Å²) in [5, 5.41) is 9.38. The zero-order valence-electron chi connectivity index (χ0n) is 63.1. The first kappa shape index (κ1) is 97.0. The lowest BCUT2D eigenvalue weighted by Crippen LogP contribution is -2.33. The second kappa shape index (κ2) is 40.8. The van der Waals surface area contributed by atoms with Gasteiger partial charge in [0.1, 0.15) is 29.3 Å². The second-order valence-electron chi connectivity index (χ2n) is 27.8. The predicted octanol–water partition coefficient (Wildman–Crippen LogP) is 18.8. The van der Waals surface area contributed by atoms with Crippen LogP contribution in [0.1, 0.15) is 196 Å². The quantitative estimate of drug-likeness (QED) is 0.0351. The number of ketones is 1. The standard InChI is InChI=1S/C39H46F8N2O4.C21H22F5NO2.C17H25F3N2O3.CH4.H2S/c1-9-53-33(52)17-26(35-36(40)27(18-29(37(35)41)39(45,46)47)34-23(5)13-12-22(4)24(34)6)16-31(50)30(15-21(2)3)49-20-25(11-10-14-48(7)8)28(19-32(49)51)38(42,43)44;1-5-29-16(28)9-15(27)18-19(22)13(8-14(20(18)23)21(24,25)26)17-11(3)7-6-10(2)12(17)4;1-11(2)8-14(16(24)25)22-10-12(6-5-7-21(3)4)13(9-15(22)23)17(18,19)20;;/h12-13,18-21,26,30H,9-11,14-17H2,1-8H3;6-8,15H,5,9,27H2,1-4H3;9-11,14H,5-8H2,1-4H3,(H,24,25);1H4;1H2/t26-,30?;15-;;;/m00.../s1. The molecule has 109 heavy (non-hydrogen) atoms. The number of aromatic nitrogens is 2. The molecule has 0 radical (unpaired) electrons. The highest BCUT2D eigenvalue weighted by Crippen LogP contribution is 2.46. The molecule has 2 heterocycles. The van der Waals surface area contributed by atoms with Crippen molar-refractivity contribution >= 4 is 37.2 Å². The number of carbonyl (C=O) groups is 4. The van der Waals surface area contributed by atoms with Crippen LogP contribution in [0.25, 0.3) is 22.3 Å². The van der Waals surface area contributed by atoms with Crippen LogP contribution in [0.4, 0.5) is 70.2 Å². The van der Waals surface area contributed by atoms with Crippen LogP contribution < -0.4 is 16.9 Å². The Bertz CT molecular complexity index is 4260. The Labute approximate surface area is 631 Å². The zero-order valence-corrected chi connectivity index (χ0v) is 64.1. The highest BCUT2D eigenvalue weighted by Gasteiger charge is 2.43. The van der Waals surface area contributed by atoms with Gasteiger partial charge in [0.05, 0.1) is 54.4 Å².